The normalized spacial score (nSPS) is 19.0. The van der Waals surface area contributed by atoms with Crippen LogP contribution in [0.2, 0.25) is 0 Å². The molecule has 3 heteroatoms. The maximum absolute atomic E-state index is 5.73. The maximum Gasteiger partial charge on any atom is 0.0372 e. The van der Waals surface area contributed by atoms with Crippen LogP contribution >= 0.6 is 0 Å². The Labute approximate surface area is 111 Å². The molecule has 0 aromatic heterocycles. The molecule has 0 bridgehead atoms. The van der Waals surface area contributed by atoms with Crippen molar-refractivity contribution in [2.45, 2.75) is 26.8 Å². The molecule has 2 N–H and O–H groups in total. The number of benzene rings is 1. The van der Waals surface area contributed by atoms with Gasteiger partial charge in [-0.15, -0.1) is 0 Å². The average Bonchev–Trinajstić information content (AvgIpc) is 2.37. The topological polar surface area (TPSA) is 32.5 Å². The standard InChI is InChI=1S/C15H25N3/c1-12-8-13(2)10-15(9-12)18-6-4-17(5-7-18)14(3)11-16/h8-10,14H,4-7,11,16H2,1-3H3. The number of nitrogens with two attached hydrogens (primary N) is 1. The Morgan fingerprint density at radius 2 is 1.61 bits per heavy atom. The van der Waals surface area contributed by atoms with E-state index in [0.29, 0.717) is 6.04 Å². The molecule has 1 fully saturated rings. The smallest absolute Gasteiger partial charge is 0.0372 e. The van der Waals surface area contributed by atoms with Crippen molar-refractivity contribution in [3.63, 3.8) is 0 Å². The van der Waals surface area contributed by atoms with E-state index in [1.54, 1.807) is 0 Å². The monoisotopic (exact) mass is 247 g/mol. The van der Waals surface area contributed by atoms with Gasteiger partial charge in [0.25, 0.3) is 0 Å². The lowest BCUT2D eigenvalue weighted by atomic mass is 10.1. The second-order valence-electron chi connectivity index (χ2n) is 5.45. The van der Waals surface area contributed by atoms with Gasteiger partial charge in [0.05, 0.1) is 0 Å². The van der Waals surface area contributed by atoms with Gasteiger partial charge in [0.15, 0.2) is 0 Å². The molecule has 1 atom stereocenters. The predicted molar refractivity (Wildman–Crippen MR) is 78.2 cm³/mol. The minimum absolute atomic E-state index is 0.506. The fraction of sp³-hybridized carbons (Fsp3) is 0.600. The molecule has 0 aliphatic carbocycles. The van der Waals surface area contributed by atoms with Crippen molar-refractivity contribution in [2.75, 3.05) is 37.6 Å². The molecule has 100 valence electrons. The molecule has 1 aromatic carbocycles. The largest absolute Gasteiger partial charge is 0.369 e. The number of rotatable bonds is 3. The molecule has 0 spiro atoms. The highest BCUT2D eigenvalue weighted by atomic mass is 15.3. The van der Waals surface area contributed by atoms with Crippen LogP contribution in [0.4, 0.5) is 5.69 Å². The lowest BCUT2D eigenvalue weighted by Crippen LogP contribution is -2.51. The first-order valence-electron chi connectivity index (χ1n) is 6.87. The Morgan fingerprint density at radius 1 is 1.06 bits per heavy atom. The third kappa shape index (κ3) is 3.03. The second-order valence-corrected chi connectivity index (χ2v) is 5.45. The first-order chi connectivity index (χ1) is 8.60. The van der Waals surface area contributed by atoms with Crippen LogP contribution in [0.5, 0.6) is 0 Å². The van der Waals surface area contributed by atoms with E-state index < -0.39 is 0 Å². The molecule has 1 unspecified atom stereocenters. The van der Waals surface area contributed by atoms with Crippen molar-refractivity contribution in [3.8, 4) is 0 Å². The highest BCUT2D eigenvalue weighted by Gasteiger charge is 2.20. The van der Waals surface area contributed by atoms with Gasteiger partial charge in [-0.2, -0.15) is 0 Å². The van der Waals surface area contributed by atoms with Gasteiger partial charge in [-0.3, -0.25) is 4.90 Å². The van der Waals surface area contributed by atoms with E-state index in [2.05, 4.69) is 48.8 Å². The van der Waals surface area contributed by atoms with E-state index in [4.69, 9.17) is 5.73 Å². The van der Waals surface area contributed by atoms with Gasteiger partial charge >= 0.3 is 0 Å². The van der Waals surface area contributed by atoms with Crippen molar-refractivity contribution in [2.24, 2.45) is 5.73 Å². The summed E-state index contributed by atoms with van der Waals surface area (Å²) < 4.78 is 0. The minimum Gasteiger partial charge on any atom is -0.369 e. The fourth-order valence-corrected chi connectivity index (χ4v) is 2.70. The number of anilines is 1. The summed E-state index contributed by atoms with van der Waals surface area (Å²) in [6.07, 6.45) is 0. The van der Waals surface area contributed by atoms with Crippen molar-refractivity contribution in [1.29, 1.82) is 0 Å². The molecular formula is C15H25N3. The molecule has 1 heterocycles. The first kappa shape index (κ1) is 13.4. The van der Waals surface area contributed by atoms with Crippen LogP contribution in [0.25, 0.3) is 0 Å². The number of hydrogen-bond acceptors (Lipinski definition) is 3. The predicted octanol–water partition coefficient (Wildman–Crippen LogP) is 1.77. The molecule has 1 aromatic rings. The molecule has 1 aliphatic heterocycles. The zero-order valence-electron chi connectivity index (χ0n) is 11.8. The van der Waals surface area contributed by atoms with Crippen LogP contribution in [-0.4, -0.2) is 43.7 Å². The van der Waals surface area contributed by atoms with Gasteiger partial charge in [0, 0.05) is 44.5 Å². The Balaban J connectivity index is 2.01. The summed E-state index contributed by atoms with van der Waals surface area (Å²) >= 11 is 0. The van der Waals surface area contributed by atoms with Crippen molar-refractivity contribution in [1.82, 2.24) is 4.90 Å². The Morgan fingerprint density at radius 3 is 2.11 bits per heavy atom. The number of hydrogen-bond donors (Lipinski definition) is 1. The first-order valence-corrected chi connectivity index (χ1v) is 6.87. The molecule has 0 saturated carbocycles. The Hall–Kier alpha value is -1.06. The van der Waals surface area contributed by atoms with Crippen molar-refractivity contribution >= 4 is 5.69 Å². The third-order valence-electron chi connectivity index (χ3n) is 3.85. The SMILES string of the molecule is Cc1cc(C)cc(N2CCN(C(C)CN)CC2)c1. The summed E-state index contributed by atoms with van der Waals surface area (Å²) in [4.78, 5) is 4.97. The molecule has 2 rings (SSSR count). The van der Waals surface area contributed by atoms with E-state index in [-0.39, 0.29) is 0 Å². The van der Waals surface area contributed by atoms with E-state index in [9.17, 15) is 0 Å². The maximum atomic E-state index is 5.73. The van der Waals surface area contributed by atoms with Crippen LogP contribution in [-0.2, 0) is 0 Å². The molecule has 1 saturated heterocycles. The van der Waals surface area contributed by atoms with E-state index in [0.717, 1.165) is 32.7 Å². The van der Waals surface area contributed by atoms with Crippen LogP contribution in [0.3, 0.4) is 0 Å². The lowest BCUT2D eigenvalue weighted by Gasteiger charge is -2.39. The number of nitrogens with zero attached hydrogens (tertiary/aromatic N) is 2. The number of piperazine rings is 1. The fourth-order valence-electron chi connectivity index (χ4n) is 2.70. The van der Waals surface area contributed by atoms with Gasteiger partial charge in [-0.1, -0.05) is 6.07 Å². The number of aryl methyl sites for hydroxylation is 2. The lowest BCUT2D eigenvalue weighted by molar-refractivity contribution is 0.201. The third-order valence-corrected chi connectivity index (χ3v) is 3.85. The summed E-state index contributed by atoms with van der Waals surface area (Å²) in [5, 5.41) is 0. The summed E-state index contributed by atoms with van der Waals surface area (Å²) in [6, 6.07) is 7.31. The zero-order chi connectivity index (χ0) is 13.1. The van der Waals surface area contributed by atoms with Gasteiger partial charge in [0.1, 0.15) is 0 Å². The van der Waals surface area contributed by atoms with Crippen molar-refractivity contribution < 1.29 is 0 Å². The van der Waals surface area contributed by atoms with Crippen molar-refractivity contribution in [3.05, 3.63) is 29.3 Å². The Bertz CT molecular complexity index is 374. The quantitative estimate of drug-likeness (QED) is 0.883. The minimum atomic E-state index is 0.506. The molecule has 0 radical (unpaired) electrons. The molecule has 3 nitrogen and oxygen atoms in total. The summed E-state index contributed by atoms with van der Waals surface area (Å²) in [5.41, 5.74) is 9.80. The zero-order valence-corrected chi connectivity index (χ0v) is 11.8. The molecule has 0 amide bonds. The molecular weight excluding hydrogens is 222 g/mol. The highest BCUT2D eigenvalue weighted by molar-refractivity contribution is 5.51. The Kier molecular flexibility index (Phi) is 4.25. The summed E-state index contributed by atoms with van der Waals surface area (Å²) in [7, 11) is 0. The van der Waals surface area contributed by atoms with E-state index >= 15 is 0 Å². The van der Waals surface area contributed by atoms with Crippen LogP contribution < -0.4 is 10.6 Å². The van der Waals surface area contributed by atoms with Crippen LogP contribution in [0, 0.1) is 13.8 Å². The summed E-state index contributed by atoms with van der Waals surface area (Å²) in [6.45, 7) is 11.7. The van der Waals surface area contributed by atoms with Gasteiger partial charge in [0.2, 0.25) is 0 Å². The second kappa shape index (κ2) is 5.72. The van der Waals surface area contributed by atoms with Gasteiger partial charge < -0.3 is 10.6 Å². The van der Waals surface area contributed by atoms with Gasteiger partial charge in [-0.25, -0.2) is 0 Å². The molecule has 18 heavy (non-hydrogen) atoms. The van der Waals surface area contributed by atoms with Crippen LogP contribution in [0.1, 0.15) is 18.1 Å². The average molecular weight is 247 g/mol. The summed E-state index contributed by atoms with van der Waals surface area (Å²) in [5.74, 6) is 0. The highest BCUT2D eigenvalue weighted by Crippen LogP contribution is 2.20. The van der Waals surface area contributed by atoms with E-state index in [1.807, 2.05) is 0 Å². The van der Waals surface area contributed by atoms with E-state index in [1.165, 1.54) is 16.8 Å². The molecule has 1 aliphatic rings. The van der Waals surface area contributed by atoms with Crippen LogP contribution in [0.15, 0.2) is 18.2 Å². The van der Waals surface area contributed by atoms with Gasteiger partial charge in [-0.05, 0) is 44.0 Å².